The lowest BCUT2D eigenvalue weighted by atomic mass is 10.1. The summed E-state index contributed by atoms with van der Waals surface area (Å²) >= 11 is 0. The third kappa shape index (κ3) is 3.32. The lowest BCUT2D eigenvalue weighted by molar-refractivity contribution is 0.378. The lowest BCUT2D eigenvalue weighted by Crippen LogP contribution is -2.04. The van der Waals surface area contributed by atoms with Crippen molar-refractivity contribution in [1.82, 2.24) is 25.1 Å². The predicted octanol–water partition coefficient (Wildman–Crippen LogP) is 2.82. The van der Waals surface area contributed by atoms with Gasteiger partial charge in [0, 0.05) is 13.3 Å². The number of fused-ring (bicyclic) bond motifs is 1. The summed E-state index contributed by atoms with van der Waals surface area (Å²) in [5, 5.41) is 7.18. The highest BCUT2D eigenvalue weighted by Gasteiger charge is 2.13. The highest BCUT2D eigenvalue weighted by molar-refractivity contribution is 5.81. The summed E-state index contributed by atoms with van der Waals surface area (Å²) in [4.78, 5) is 17.3. The Morgan fingerprint density at radius 1 is 1.00 bits per heavy atom. The Morgan fingerprint density at radius 3 is 2.68 bits per heavy atom. The summed E-state index contributed by atoms with van der Waals surface area (Å²) < 4.78 is 10.8. The third-order valence-corrected chi connectivity index (χ3v) is 3.60. The number of benzene rings is 1. The molecule has 0 aliphatic carbocycles. The Hall–Kier alpha value is -3.29. The fraction of sp³-hybridized carbons (Fsp3) is 0.235. The van der Waals surface area contributed by atoms with Gasteiger partial charge < -0.3 is 14.3 Å². The molecule has 3 aromatic heterocycles. The molecule has 0 saturated heterocycles. The molecule has 0 spiro atoms. The standard InChI is InChI=1S/C17H16N6O2/c1-10-19-16(15-17(20-10)24-11(2)21-15)18-9-14-22-13(23-25-14)8-12-6-4-3-5-7-12/h3-7H,8-9H2,1-2H3,(H,18,19,20). The Morgan fingerprint density at radius 2 is 1.84 bits per heavy atom. The van der Waals surface area contributed by atoms with Crippen molar-refractivity contribution in [2.24, 2.45) is 0 Å². The number of hydrogen-bond donors (Lipinski definition) is 1. The number of nitrogens with zero attached hydrogens (tertiary/aromatic N) is 5. The van der Waals surface area contributed by atoms with E-state index in [4.69, 9.17) is 8.94 Å². The molecule has 0 amide bonds. The Bertz CT molecular complexity index is 1010. The average molecular weight is 336 g/mol. The molecule has 8 heteroatoms. The molecule has 0 aliphatic heterocycles. The molecule has 0 saturated carbocycles. The zero-order valence-corrected chi connectivity index (χ0v) is 13.9. The van der Waals surface area contributed by atoms with Gasteiger partial charge in [0.2, 0.25) is 5.89 Å². The summed E-state index contributed by atoms with van der Waals surface area (Å²) in [6, 6.07) is 10.0. The summed E-state index contributed by atoms with van der Waals surface area (Å²) in [5.41, 5.74) is 2.18. The van der Waals surface area contributed by atoms with Crippen LogP contribution in [0.1, 0.15) is 29.0 Å². The number of hydrogen-bond acceptors (Lipinski definition) is 8. The normalized spacial score (nSPS) is 11.1. The zero-order chi connectivity index (χ0) is 17.2. The minimum absolute atomic E-state index is 0.346. The van der Waals surface area contributed by atoms with Crippen LogP contribution in [0.15, 0.2) is 39.3 Å². The summed E-state index contributed by atoms with van der Waals surface area (Å²) in [6.07, 6.45) is 0.629. The van der Waals surface area contributed by atoms with Crippen LogP contribution in [-0.4, -0.2) is 25.1 Å². The number of anilines is 1. The maximum atomic E-state index is 5.46. The van der Waals surface area contributed by atoms with Crippen LogP contribution < -0.4 is 5.32 Å². The van der Waals surface area contributed by atoms with Crippen LogP contribution in [0.2, 0.25) is 0 Å². The first-order valence-electron chi connectivity index (χ1n) is 7.88. The SMILES string of the molecule is Cc1nc(NCc2nc(Cc3ccccc3)no2)c2nc(C)oc2n1. The van der Waals surface area contributed by atoms with Gasteiger partial charge in [0.25, 0.3) is 5.71 Å². The predicted molar refractivity (Wildman–Crippen MR) is 89.9 cm³/mol. The van der Waals surface area contributed by atoms with Crippen molar-refractivity contribution >= 4 is 17.0 Å². The molecule has 0 bridgehead atoms. The Labute approximate surface area is 143 Å². The van der Waals surface area contributed by atoms with Crippen LogP contribution in [0, 0.1) is 13.8 Å². The molecule has 1 aromatic carbocycles. The van der Waals surface area contributed by atoms with Gasteiger partial charge in [-0.15, -0.1) is 0 Å². The summed E-state index contributed by atoms with van der Waals surface area (Å²) in [5.74, 6) is 2.85. The number of rotatable bonds is 5. The number of oxazole rings is 1. The molecule has 0 fully saturated rings. The van der Waals surface area contributed by atoms with E-state index in [1.54, 1.807) is 13.8 Å². The van der Waals surface area contributed by atoms with Gasteiger partial charge >= 0.3 is 0 Å². The van der Waals surface area contributed by atoms with Crippen LogP contribution in [-0.2, 0) is 13.0 Å². The van der Waals surface area contributed by atoms with E-state index in [0.29, 0.717) is 53.4 Å². The Kier molecular flexibility index (Phi) is 3.85. The molecule has 8 nitrogen and oxygen atoms in total. The fourth-order valence-electron chi connectivity index (χ4n) is 2.53. The smallest absolute Gasteiger partial charge is 0.252 e. The molecule has 126 valence electrons. The lowest BCUT2D eigenvalue weighted by Gasteiger charge is -2.03. The van der Waals surface area contributed by atoms with Crippen molar-refractivity contribution in [3.63, 3.8) is 0 Å². The van der Waals surface area contributed by atoms with E-state index >= 15 is 0 Å². The van der Waals surface area contributed by atoms with Crippen LogP contribution in [0.5, 0.6) is 0 Å². The van der Waals surface area contributed by atoms with Crippen molar-refractivity contribution < 1.29 is 8.94 Å². The number of aromatic nitrogens is 5. The van der Waals surface area contributed by atoms with Gasteiger partial charge in [-0.1, -0.05) is 35.5 Å². The quantitative estimate of drug-likeness (QED) is 0.593. The van der Waals surface area contributed by atoms with E-state index in [1.165, 1.54) is 0 Å². The van der Waals surface area contributed by atoms with E-state index in [-0.39, 0.29) is 0 Å². The van der Waals surface area contributed by atoms with E-state index in [2.05, 4.69) is 30.4 Å². The molecular weight excluding hydrogens is 320 g/mol. The van der Waals surface area contributed by atoms with Gasteiger partial charge in [-0.3, -0.25) is 0 Å². The average Bonchev–Trinajstić information content (AvgIpc) is 3.19. The van der Waals surface area contributed by atoms with Crippen molar-refractivity contribution in [2.75, 3.05) is 5.32 Å². The monoisotopic (exact) mass is 336 g/mol. The van der Waals surface area contributed by atoms with E-state index < -0.39 is 0 Å². The first kappa shape index (κ1) is 15.3. The second-order valence-corrected chi connectivity index (χ2v) is 5.63. The first-order chi connectivity index (χ1) is 12.2. The van der Waals surface area contributed by atoms with Crippen LogP contribution in [0.3, 0.4) is 0 Å². The zero-order valence-electron chi connectivity index (χ0n) is 13.9. The van der Waals surface area contributed by atoms with Gasteiger partial charge in [-0.05, 0) is 12.5 Å². The molecule has 4 rings (SSSR count). The van der Waals surface area contributed by atoms with Crippen LogP contribution >= 0.6 is 0 Å². The molecule has 0 aliphatic rings. The van der Waals surface area contributed by atoms with Gasteiger partial charge in [-0.25, -0.2) is 9.97 Å². The maximum absolute atomic E-state index is 5.46. The minimum Gasteiger partial charge on any atom is -0.422 e. The second kappa shape index (κ2) is 6.31. The largest absolute Gasteiger partial charge is 0.422 e. The molecule has 1 N–H and O–H groups in total. The highest BCUT2D eigenvalue weighted by atomic mass is 16.5. The molecule has 25 heavy (non-hydrogen) atoms. The van der Waals surface area contributed by atoms with Crippen molar-refractivity contribution in [1.29, 1.82) is 0 Å². The van der Waals surface area contributed by atoms with Crippen molar-refractivity contribution in [3.8, 4) is 0 Å². The summed E-state index contributed by atoms with van der Waals surface area (Å²) in [6.45, 7) is 3.92. The van der Waals surface area contributed by atoms with Crippen molar-refractivity contribution in [3.05, 3.63) is 59.3 Å². The second-order valence-electron chi connectivity index (χ2n) is 5.63. The molecule has 4 aromatic rings. The van der Waals surface area contributed by atoms with E-state index in [9.17, 15) is 0 Å². The third-order valence-electron chi connectivity index (χ3n) is 3.60. The van der Waals surface area contributed by atoms with Gasteiger partial charge in [0.15, 0.2) is 23.0 Å². The topological polar surface area (TPSA) is 103 Å². The number of aryl methyl sites for hydroxylation is 2. The molecular formula is C17H16N6O2. The molecule has 0 atom stereocenters. The van der Waals surface area contributed by atoms with Crippen molar-refractivity contribution in [2.45, 2.75) is 26.8 Å². The van der Waals surface area contributed by atoms with Gasteiger partial charge in [0.1, 0.15) is 5.82 Å². The highest BCUT2D eigenvalue weighted by Crippen LogP contribution is 2.21. The van der Waals surface area contributed by atoms with Crippen LogP contribution in [0.4, 0.5) is 5.82 Å². The van der Waals surface area contributed by atoms with E-state index in [0.717, 1.165) is 5.56 Å². The van der Waals surface area contributed by atoms with E-state index in [1.807, 2.05) is 30.3 Å². The minimum atomic E-state index is 0.346. The fourth-order valence-corrected chi connectivity index (χ4v) is 2.53. The molecule has 0 unspecified atom stereocenters. The number of nitrogens with one attached hydrogen (secondary N) is 1. The summed E-state index contributed by atoms with van der Waals surface area (Å²) in [7, 11) is 0. The Balaban J connectivity index is 1.49. The van der Waals surface area contributed by atoms with Gasteiger partial charge in [0.05, 0.1) is 6.54 Å². The molecule has 0 radical (unpaired) electrons. The maximum Gasteiger partial charge on any atom is 0.252 e. The van der Waals surface area contributed by atoms with Crippen LogP contribution in [0.25, 0.3) is 11.2 Å². The molecule has 3 heterocycles. The first-order valence-corrected chi connectivity index (χ1v) is 7.88. The van der Waals surface area contributed by atoms with Gasteiger partial charge in [-0.2, -0.15) is 9.97 Å².